The zero-order valence-corrected chi connectivity index (χ0v) is 17.4. The summed E-state index contributed by atoms with van der Waals surface area (Å²) in [4.78, 5) is 12.4. The number of benzene rings is 3. The van der Waals surface area contributed by atoms with Gasteiger partial charge >= 0.3 is 0 Å². The number of amides is 1. The SMILES string of the molecule is CS(=O)(=O)c1ccc(-c2ccc3c(c2)CC(CNC(=O)c2ccc(F)cc2F)O3)cc1. The lowest BCUT2D eigenvalue weighted by Crippen LogP contribution is -2.34. The summed E-state index contributed by atoms with van der Waals surface area (Å²) >= 11 is 0. The summed E-state index contributed by atoms with van der Waals surface area (Å²) in [6.07, 6.45) is 1.40. The number of sulfone groups is 1. The van der Waals surface area contributed by atoms with Crippen molar-refractivity contribution in [1.82, 2.24) is 5.32 Å². The molecule has 0 bridgehead atoms. The second-order valence-corrected chi connectivity index (χ2v) is 9.41. The molecule has 0 fully saturated rings. The first-order valence-electron chi connectivity index (χ1n) is 9.54. The van der Waals surface area contributed by atoms with Crippen LogP contribution < -0.4 is 10.1 Å². The lowest BCUT2D eigenvalue weighted by atomic mass is 10.0. The van der Waals surface area contributed by atoms with Crippen LogP contribution in [0.2, 0.25) is 0 Å². The Bertz CT molecular complexity index is 1260. The maximum absolute atomic E-state index is 13.7. The van der Waals surface area contributed by atoms with Crippen LogP contribution in [0.25, 0.3) is 11.1 Å². The average molecular weight is 443 g/mol. The summed E-state index contributed by atoms with van der Waals surface area (Å²) in [5.41, 5.74) is 2.52. The molecule has 0 saturated carbocycles. The van der Waals surface area contributed by atoms with E-state index < -0.39 is 27.4 Å². The maximum Gasteiger partial charge on any atom is 0.254 e. The van der Waals surface area contributed by atoms with Crippen molar-refractivity contribution in [3.8, 4) is 16.9 Å². The monoisotopic (exact) mass is 443 g/mol. The second-order valence-electron chi connectivity index (χ2n) is 7.40. The zero-order chi connectivity index (χ0) is 22.2. The van der Waals surface area contributed by atoms with E-state index in [1.807, 2.05) is 18.2 Å². The van der Waals surface area contributed by atoms with Gasteiger partial charge in [0.15, 0.2) is 9.84 Å². The molecule has 4 rings (SSSR count). The molecule has 3 aromatic carbocycles. The fourth-order valence-corrected chi connectivity index (χ4v) is 4.11. The molecule has 0 spiro atoms. The smallest absolute Gasteiger partial charge is 0.254 e. The Balaban J connectivity index is 1.42. The first-order chi connectivity index (χ1) is 14.7. The molecule has 1 amide bonds. The van der Waals surface area contributed by atoms with E-state index >= 15 is 0 Å². The number of hydrogen-bond acceptors (Lipinski definition) is 4. The Morgan fingerprint density at radius 2 is 1.74 bits per heavy atom. The second kappa shape index (κ2) is 8.11. The standard InChI is InChI=1S/C23H19F2NO4S/c1-31(28,29)19-6-2-14(3-7-19)15-4-9-22-16(10-15)11-18(30-22)13-26-23(27)20-8-5-17(24)12-21(20)25/h2-10,12,18H,11,13H2,1H3,(H,26,27). The van der Waals surface area contributed by atoms with Crippen LogP contribution in [0, 0.1) is 11.6 Å². The number of nitrogens with one attached hydrogen (secondary N) is 1. The van der Waals surface area contributed by atoms with Crippen molar-refractivity contribution < 1.29 is 26.7 Å². The van der Waals surface area contributed by atoms with Crippen LogP contribution in [0.5, 0.6) is 5.75 Å². The fourth-order valence-electron chi connectivity index (χ4n) is 3.48. The molecule has 0 saturated heterocycles. The number of hydrogen-bond donors (Lipinski definition) is 1. The molecule has 8 heteroatoms. The topological polar surface area (TPSA) is 72.5 Å². The van der Waals surface area contributed by atoms with Crippen molar-refractivity contribution in [3.05, 3.63) is 83.4 Å². The molecular formula is C23H19F2NO4S. The van der Waals surface area contributed by atoms with Crippen LogP contribution in [0.3, 0.4) is 0 Å². The fraction of sp³-hybridized carbons (Fsp3) is 0.174. The number of rotatable bonds is 5. The molecule has 0 aromatic heterocycles. The molecule has 1 N–H and O–H groups in total. The molecular weight excluding hydrogens is 424 g/mol. The van der Waals surface area contributed by atoms with Gasteiger partial charge in [0.2, 0.25) is 0 Å². The molecule has 1 aliphatic rings. The summed E-state index contributed by atoms with van der Waals surface area (Å²) in [6, 6.07) is 15.1. The summed E-state index contributed by atoms with van der Waals surface area (Å²) in [7, 11) is -3.25. The Morgan fingerprint density at radius 1 is 1.03 bits per heavy atom. The Morgan fingerprint density at radius 3 is 2.42 bits per heavy atom. The van der Waals surface area contributed by atoms with Crippen LogP contribution >= 0.6 is 0 Å². The first kappa shape index (κ1) is 21.0. The number of halogens is 2. The highest BCUT2D eigenvalue weighted by molar-refractivity contribution is 7.90. The molecule has 3 aromatic rings. The van der Waals surface area contributed by atoms with Gasteiger partial charge in [-0.05, 0) is 53.1 Å². The van der Waals surface area contributed by atoms with Crippen LogP contribution in [0.1, 0.15) is 15.9 Å². The third kappa shape index (κ3) is 4.59. The number of carbonyl (C=O) groups is 1. The predicted octanol–water partition coefficient (Wildman–Crippen LogP) is 3.77. The van der Waals surface area contributed by atoms with E-state index in [9.17, 15) is 22.0 Å². The van der Waals surface area contributed by atoms with Crippen LogP contribution in [0.4, 0.5) is 8.78 Å². The van der Waals surface area contributed by atoms with E-state index in [2.05, 4.69) is 5.32 Å². The van der Waals surface area contributed by atoms with E-state index in [-0.39, 0.29) is 23.1 Å². The third-order valence-electron chi connectivity index (χ3n) is 5.08. The Labute approximate surface area is 178 Å². The molecule has 0 radical (unpaired) electrons. The van der Waals surface area contributed by atoms with Gasteiger partial charge in [0.1, 0.15) is 23.5 Å². The number of ether oxygens (including phenoxy) is 1. The molecule has 160 valence electrons. The minimum absolute atomic E-state index is 0.169. The zero-order valence-electron chi connectivity index (χ0n) is 16.6. The van der Waals surface area contributed by atoms with E-state index in [1.54, 1.807) is 24.3 Å². The normalized spacial score (nSPS) is 15.3. The lowest BCUT2D eigenvalue weighted by molar-refractivity contribution is 0.0929. The molecule has 31 heavy (non-hydrogen) atoms. The van der Waals surface area contributed by atoms with Gasteiger partial charge in [-0.2, -0.15) is 0 Å². The number of fused-ring (bicyclic) bond motifs is 1. The van der Waals surface area contributed by atoms with Crippen LogP contribution in [-0.2, 0) is 16.3 Å². The van der Waals surface area contributed by atoms with Gasteiger partial charge in [-0.1, -0.05) is 18.2 Å². The van der Waals surface area contributed by atoms with E-state index in [0.29, 0.717) is 18.2 Å². The summed E-state index contributed by atoms with van der Waals surface area (Å²) in [5, 5.41) is 2.62. The van der Waals surface area contributed by atoms with Crippen molar-refractivity contribution in [2.24, 2.45) is 0 Å². The Kier molecular flexibility index (Phi) is 5.49. The predicted molar refractivity (Wildman–Crippen MR) is 112 cm³/mol. The van der Waals surface area contributed by atoms with Crippen LogP contribution in [0.15, 0.2) is 65.6 Å². The quantitative estimate of drug-likeness (QED) is 0.652. The lowest BCUT2D eigenvalue weighted by Gasteiger charge is -2.12. The minimum atomic E-state index is -3.25. The van der Waals surface area contributed by atoms with Crippen molar-refractivity contribution in [2.75, 3.05) is 12.8 Å². The Hall–Kier alpha value is -3.26. The molecule has 1 atom stereocenters. The molecule has 5 nitrogen and oxygen atoms in total. The summed E-state index contributed by atoms with van der Waals surface area (Å²) in [6.45, 7) is 0.169. The number of carbonyl (C=O) groups excluding carboxylic acids is 1. The molecule has 1 heterocycles. The van der Waals surface area contributed by atoms with E-state index in [1.165, 1.54) is 0 Å². The van der Waals surface area contributed by atoms with Crippen LogP contribution in [-0.4, -0.2) is 33.2 Å². The van der Waals surface area contributed by atoms with Gasteiger partial charge in [-0.25, -0.2) is 17.2 Å². The summed E-state index contributed by atoms with van der Waals surface area (Å²) < 4.78 is 55.8. The van der Waals surface area contributed by atoms with E-state index in [4.69, 9.17) is 4.74 Å². The highest BCUT2D eigenvalue weighted by Crippen LogP contribution is 2.33. The van der Waals surface area contributed by atoms with Crippen molar-refractivity contribution in [1.29, 1.82) is 0 Å². The average Bonchev–Trinajstić information content (AvgIpc) is 3.13. The third-order valence-corrected chi connectivity index (χ3v) is 6.21. The first-order valence-corrected chi connectivity index (χ1v) is 11.4. The van der Waals surface area contributed by atoms with Gasteiger partial charge < -0.3 is 10.1 Å². The maximum atomic E-state index is 13.7. The molecule has 1 unspecified atom stereocenters. The van der Waals surface area contributed by atoms with Crippen molar-refractivity contribution in [2.45, 2.75) is 17.4 Å². The van der Waals surface area contributed by atoms with Gasteiger partial charge in [0.05, 0.1) is 17.0 Å². The largest absolute Gasteiger partial charge is 0.488 e. The van der Waals surface area contributed by atoms with Gasteiger partial charge in [0, 0.05) is 18.7 Å². The van der Waals surface area contributed by atoms with E-state index in [0.717, 1.165) is 35.1 Å². The highest BCUT2D eigenvalue weighted by atomic mass is 32.2. The van der Waals surface area contributed by atoms with Crippen molar-refractivity contribution in [3.63, 3.8) is 0 Å². The van der Waals surface area contributed by atoms with Crippen molar-refractivity contribution >= 4 is 15.7 Å². The van der Waals surface area contributed by atoms with Gasteiger partial charge in [0.25, 0.3) is 5.91 Å². The minimum Gasteiger partial charge on any atom is -0.488 e. The van der Waals surface area contributed by atoms with Gasteiger partial charge in [-0.15, -0.1) is 0 Å². The molecule has 0 aliphatic carbocycles. The summed E-state index contributed by atoms with van der Waals surface area (Å²) in [5.74, 6) is -1.60. The van der Waals surface area contributed by atoms with Gasteiger partial charge in [-0.3, -0.25) is 4.79 Å². The molecule has 1 aliphatic heterocycles. The highest BCUT2D eigenvalue weighted by Gasteiger charge is 2.24.